The van der Waals surface area contributed by atoms with Crippen molar-refractivity contribution in [1.82, 2.24) is 0 Å². The number of carbonyl (C=O) groups excluding carboxylic acids is 2. The molecule has 0 radical (unpaired) electrons. The Labute approximate surface area is 211 Å². The second-order valence-corrected chi connectivity index (χ2v) is 10.1. The summed E-state index contributed by atoms with van der Waals surface area (Å²) in [6.45, 7) is -0.188. The fraction of sp³-hybridized carbons (Fsp3) is 0.269. The minimum absolute atomic E-state index is 0.118. The van der Waals surface area contributed by atoms with E-state index in [2.05, 4.69) is 21.2 Å². The lowest BCUT2D eigenvalue weighted by atomic mass is 9.96. The highest BCUT2D eigenvalue weighted by atomic mass is 79.9. The molecule has 34 heavy (non-hydrogen) atoms. The number of fused-ring (bicyclic) bond motifs is 1. The molecular weight excluding hydrogens is 514 g/mol. The number of nitrogens with zero attached hydrogens (tertiary/aromatic N) is 1. The van der Waals surface area contributed by atoms with Crippen molar-refractivity contribution >= 4 is 56.0 Å². The monoisotopic (exact) mass is 539 g/mol. The summed E-state index contributed by atoms with van der Waals surface area (Å²) < 4.78 is 6.08. The van der Waals surface area contributed by atoms with Gasteiger partial charge >= 0.3 is 0 Å². The van der Waals surface area contributed by atoms with E-state index in [1.165, 1.54) is 17.7 Å². The molecule has 0 unspecified atom stereocenters. The summed E-state index contributed by atoms with van der Waals surface area (Å²) in [6, 6.07) is 15.0. The molecule has 176 valence electrons. The molecule has 0 fully saturated rings. The van der Waals surface area contributed by atoms with Gasteiger partial charge < -0.3 is 15.8 Å². The lowest BCUT2D eigenvalue weighted by Gasteiger charge is -2.12. The van der Waals surface area contributed by atoms with Crippen LogP contribution in [0.4, 0.5) is 10.7 Å². The number of carbonyl (C=O) groups is 2. The maximum absolute atomic E-state index is 13.4. The molecule has 6 nitrogen and oxygen atoms in total. The van der Waals surface area contributed by atoms with E-state index in [-0.39, 0.29) is 12.5 Å². The third-order valence-corrected chi connectivity index (χ3v) is 7.39. The zero-order chi connectivity index (χ0) is 23.9. The van der Waals surface area contributed by atoms with Gasteiger partial charge in [-0.1, -0.05) is 31.0 Å². The van der Waals surface area contributed by atoms with Crippen LogP contribution in [0.25, 0.3) is 0 Å². The Bertz CT molecular complexity index is 1210. The average molecular weight is 540 g/mol. The van der Waals surface area contributed by atoms with Gasteiger partial charge in [0.05, 0.1) is 10.0 Å². The molecule has 0 saturated carbocycles. The minimum Gasteiger partial charge on any atom is -0.483 e. The molecule has 2 amide bonds. The van der Waals surface area contributed by atoms with Gasteiger partial charge in [-0.2, -0.15) is 0 Å². The topological polar surface area (TPSA) is 93.8 Å². The predicted octanol–water partition coefficient (Wildman–Crippen LogP) is 6.04. The van der Waals surface area contributed by atoms with Crippen LogP contribution in [0.2, 0.25) is 0 Å². The number of primary amides is 1. The van der Waals surface area contributed by atoms with Crippen LogP contribution in [0, 0.1) is 0 Å². The standard InChI is InChI=1S/C26H26BrN3O3S/c27-20-14-17(12-13-21(20)33-16-23(28)31)15-29-26-24(25(32)30-18-8-4-3-5-9-18)19-10-6-1-2-7-11-22(19)34-26/h3-5,8-9,12-15H,1-2,6-7,10-11,16H2,(H2,28,31)(H,30,32). The quantitative estimate of drug-likeness (QED) is 0.358. The number of rotatable bonds is 7. The molecule has 4 rings (SSSR count). The molecule has 1 aliphatic rings. The first-order valence-electron chi connectivity index (χ1n) is 11.3. The van der Waals surface area contributed by atoms with Gasteiger partial charge in [-0.25, -0.2) is 4.99 Å². The maximum Gasteiger partial charge on any atom is 0.259 e. The summed E-state index contributed by atoms with van der Waals surface area (Å²) in [5, 5.41) is 3.77. The number of benzene rings is 2. The van der Waals surface area contributed by atoms with Crippen molar-refractivity contribution < 1.29 is 14.3 Å². The van der Waals surface area contributed by atoms with Gasteiger partial charge in [0.25, 0.3) is 11.8 Å². The summed E-state index contributed by atoms with van der Waals surface area (Å²) in [4.78, 5) is 30.3. The van der Waals surface area contributed by atoms with E-state index < -0.39 is 5.91 Å². The Hall–Kier alpha value is -2.97. The lowest BCUT2D eigenvalue weighted by Crippen LogP contribution is -2.20. The summed E-state index contributed by atoms with van der Waals surface area (Å²) >= 11 is 5.08. The van der Waals surface area contributed by atoms with E-state index in [0.717, 1.165) is 47.5 Å². The Morgan fingerprint density at radius 3 is 2.59 bits per heavy atom. The highest BCUT2D eigenvalue weighted by Gasteiger charge is 2.24. The summed E-state index contributed by atoms with van der Waals surface area (Å²) in [6.07, 6.45) is 8.26. The number of nitrogens with two attached hydrogens (primary N) is 1. The van der Waals surface area contributed by atoms with E-state index in [1.54, 1.807) is 23.6 Å². The Kier molecular flexibility index (Phi) is 8.13. The molecule has 0 spiro atoms. The number of halogens is 1. The van der Waals surface area contributed by atoms with Crippen molar-refractivity contribution in [2.45, 2.75) is 38.5 Å². The molecular formula is C26H26BrN3O3S. The maximum atomic E-state index is 13.4. The van der Waals surface area contributed by atoms with Gasteiger partial charge in [0, 0.05) is 16.8 Å². The SMILES string of the molecule is NC(=O)COc1ccc(C=Nc2sc3c(c2C(=O)Nc2ccccc2)CCCCCC3)cc1Br. The molecule has 1 heterocycles. The largest absolute Gasteiger partial charge is 0.483 e. The summed E-state index contributed by atoms with van der Waals surface area (Å²) in [5.41, 5.74) is 8.58. The third-order valence-electron chi connectivity index (χ3n) is 5.57. The highest BCUT2D eigenvalue weighted by Crippen LogP contribution is 2.39. The van der Waals surface area contributed by atoms with Crippen LogP contribution in [0.15, 0.2) is 58.0 Å². The number of aliphatic imine (C=N–C) groups is 1. The number of thiophene rings is 1. The Morgan fingerprint density at radius 2 is 1.85 bits per heavy atom. The molecule has 3 N–H and O–H groups in total. The van der Waals surface area contributed by atoms with Gasteiger partial charge in [0.15, 0.2) is 6.61 Å². The number of ether oxygens (including phenoxy) is 1. The zero-order valence-electron chi connectivity index (χ0n) is 18.7. The number of amides is 2. The summed E-state index contributed by atoms with van der Waals surface area (Å²) in [5.74, 6) is -0.127. The third kappa shape index (κ3) is 6.12. The van der Waals surface area contributed by atoms with E-state index >= 15 is 0 Å². The number of nitrogens with one attached hydrogen (secondary N) is 1. The van der Waals surface area contributed by atoms with Crippen molar-refractivity contribution in [3.8, 4) is 5.75 Å². The number of para-hydroxylation sites is 1. The fourth-order valence-corrected chi connectivity index (χ4v) is 5.68. The molecule has 0 aliphatic heterocycles. The van der Waals surface area contributed by atoms with Crippen LogP contribution in [0.5, 0.6) is 5.75 Å². The molecule has 0 atom stereocenters. The number of hydrogen-bond acceptors (Lipinski definition) is 5. The van der Waals surface area contributed by atoms with Gasteiger partial charge in [0.1, 0.15) is 10.8 Å². The van der Waals surface area contributed by atoms with Gasteiger partial charge in [-0.15, -0.1) is 11.3 Å². The van der Waals surface area contributed by atoms with Crippen molar-refractivity contribution in [2.24, 2.45) is 10.7 Å². The second-order valence-electron chi connectivity index (χ2n) is 8.12. The van der Waals surface area contributed by atoms with E-state index in [9.17, 15) is 9.59 Å². The fourth-order valence-electron chi connectivity index (χ4n) is 3.94. The van der Waals surface area contributed by atoms with Crippen LogP contribution < -0.4 is 15.8 Å². The van der Waals surface area contributed by atoms with Gasteiger partial charge in [-0.3, -0.25) is 9.59 Å². The van der Waals surface area contributed by atoms with Gasteiger partial charge in [-0.05, 0) is 83.1 Å². The molecule has 1 aliphatic carbocycles. The smallest absolute Gasteiger partial charge is 0.259 e. The Balaban J connectivity index is 1.63. The average Bonchev–Trinajstić information content (AvgIpc) is 3.14. The van der Waals surface area contributed by atoms with E-state index in [1.807, 2.05) is 42.5 Å². The molecule has 8 heteroatoms. The van der Waals surface area contributed by atoms with Crippen molar-refractivity contribution in [1.29, 1.82) is 0 Å². The predicted molar refractivity (Wildman–Crippen MR) is 141 cm³/mol. The first kappa shape index (κ1) is 24.2. The highest BCUT2D eigenvalue weighted by molar-refractivity contribution is 9.10. The zero-order valence-corrected chi connectivity index (χ0v) is 21.1. The lowest BCUT2D eigenvalue weighted by molar-refractivity contribution is -0.119. The van der Waals surface area contributed by atoms with Crippen LogP contribution >= 0.6 is 27.3 Å². The number of aryl methyl sites for hydroxylation is 1. The van der Waals surface area contributed by atoms with Gasteiger partial charge in [0.2, 0.25) is 0 Å². The van der Waals surface area contributed by atoms with Crippen molar-refractivity contribution in [3.05, 3.63) is 74.6 Å². The number of hydrogen-bond donors (Lipinski definition) is 2. The molecule has 0 bridgehead atoms. The number of anilines is 1. The molecule has 3 aromatic rings. The summed E-state index contributed by atoms with van der Waals surface area (Å²) in [7, 11) is 0. The second kappa shape index (κ2) is 11.4. The molecule has 1 aromatic heterocycles. The van der Waals surface area contributed by atoms with Crippen molar-refractivity contribution in [2.75, 3.05) is 11.9 Å². The van der Waals surface area contributed by atoms with Crippen LogP contribution in [-0.2, 0) is 17.6 Å². The first-order valence-corrected chi connectivity index (χ1v) is 12.9. The molecule has 0 saturated heterocycles. The first-order chi connectivity index (χ1) is 16.5. The van der Waals surface area contributed by atoms with Crippen LogP contribution in [0.1, 0.15) is 52.0 Å². The normalized spacial score (nSPS) is 13.7. The van der Waals surface area contributed by atoms with E-state index in [0.29, 0.717) is 15.8 Å². The van der Waals surface area contributed by atoms with Crippen LogP contribution in [0.3, 0.4) is 0 Å². The minimum atomic E-state index is -0.535. The van der Waals surface area contributed by atoms with Crippen LogP contribution in [-0.4, -0.2) is 24.6 Å². The van der Waals surface area contributed by atoms with E-state index in [4.69, 9.17) is 15.5 Å². The van der Waals surface area contributed by atoms with Crippen molar-refractivity contribution in [3.63, 3.8) is 0 Å². The Morgan fingerprint density at radius 1 is 1.09 bits per heavy atom. The molecule has 2 aromatic carbocycles.